The number of nitrogens with zero attached hydrogens (tertiary/aromatic N) is 2. The van der Waals surface area contributed by atoms with E-state index in [-0.39, 0.29) is 37.1 Å². The summed E-state index contributed by atoms with van der Waals surface area (Å²) in [7, 11) is -2.14. The standard InChI is InChI=1S/C31H36ClN3O7Si/c1-7-31(41-24(36)12-13-33-29(39)42-30(2,3)4)21-14-23-25-19(15-35(23)27(37)20(21)16-40-28(31)38)26(43(5,6)17-32)18-10-8-9-11-22(18)34-25/h8-11,14H,7,12-13,15-17H2,1-6H3,(H,33,39)/q-1/t31-/m0/s1. The molecule has 1 amide bonds. The van der Waals surface area contributed by atoms with Gasteiger partial charge in [-0.3, -0.25) is 9.59 Å². The van der Waals surface area contributed by atoms with Gasteiger partial charge in [0.25, 0.3) is 5.56 Å². The number of cyclic esters (lactones) is 1. The number of hydrogen-bond acceptors (Lipinski definition) is 8. The Labute approximate surface area is 255 Å². The van der Waals surface area contributed by atoms with E-state index in [9.17, 15) is 19.2 Å². The average Bonchev–Trinajstić information content (AvgIpc) is 3.30. The highest BCUT2D eigenvalue weighted by atomic mass is 35.5. The smallest absolute Gasteiger partial charge is 0.407 e. The summed E-state index contributed by atoms with van der Waals surface area (Å²) in [5.41, 5.74) is 1.19. The molecule has 1 aromatic carbocycles. The van der Waals surface area contributed by atoms with Gasteiger partial charge in [-0.05, 0) is 50.3 Å². The summed E-state index contributed by atoms with van der Waals surface area (Å²) >= 11 is 6.52. The van der Waals surface area contributed by atoms with E-state index in [1.807, 2.05) is 24.3 Å². The average molecular weight is 626 g/mol. The number of para-hydroxylation sites is 1. The van der Waals surface area contributed by atoms with E-state index in [1.165, 1.54) is 0 Å². The van der Waals surface area contributed by atoms with Crippen LogP contribution in [0.5, 0.6) is 0 Å². The number of nitrogens with one attached hydrogen (secondary N) is 1. The van der Waals surface area contributed by atoms with Gasteiger partial charge in [0.2, 0.25) is 5.60 Å². The first-order valence-electron chi connectivity index (χ1n) is 14.3. The van der Waals surface area contributed by atoms with Crippen molar-refractivity contribution in [2.45, 2.75) is 78.0 Å². The minimum atomic E-state index is -2.14. The van der Waals surface area contributed by atoms with Gasteiger partial charge in [-0.15, -0.1) is 8.07 Å². The predicted molar refractivity (Wildman–Crippen MR) is 165 cm³/mol. The summed E-state index contributed by atoms with van der Waals surface area (Å²) in [6.45, 7) is 11.3. The van der Waals surface area contributed by atoms with Crippen molar-refractivity contribution in [1.82, 2.24) is 14.9 Å². The number of ether oxygens (including phenoxy) is 3. The van der Waals surface area contributed by atoms with Crippen LogP contribution in [0.2, 0.25) is 13.1 Å². The maximum absolute atomic E-state index is 14.0. The zero-order valence-electron chi connectivity index (χ0n) is 25.3. The molecule has 0 spiro atoms. The number of halogens is 1. The number of carbonyl (C=O) groups excluding carboxylic acids is 3. The first-order valence-corrected chi connectivity index (χ1v) is 18.1. The van der Waals surface area contributed by atoms with E-state index in [0.29, 0.717) is 29.0 Å². The first-order chi connectivity index (χ1) is 20.2. The topological polar surface area (TPSA) is 126 Å². The van der Waals surface area contributed by atoms with Gasteiger partial charge in [0.15, 0.2) is 0 Å². The number of pyridine rings is 2. The second-order valence-corrected chi connectivity index (χ2v) is 17.9. The molecule has 0 unspecified atom stereocenters. The Hall–Kier alpha value is -3.70. The van der Waals surface area contributed by atoms with Crippen LogP contribution in [0.1, 0.15) is 57.2 Å². The Balaban J connectivity index is 1.56. The van der Waals surface area contributed by atoms with Gasteiger partial charge in [-0.2, -0.15) is 29.9 Å². The van der Waals surface area contributed by atoms with Gasteiger partial charge in [0, 0.05) is 12.1 Å². The number of esters is 2. The second kappa shape index (κ2) is 11.1. The highest BCUT2D eigenvalue weighted by molar-refractivity contribution is 6.95. The maximum atomic E-state index is 14.0. The van der Waals surface area contributed by atoms with Gasteiger partial charge in [-0.1, -0.05) is 30.6 Å². The number of benzene rings is 1. The molecule has 0 radical (unpaired) electrons. The largest absolute Gasteiger partial charge is 0.457 e. The monoisotopic (exact) mass is 625 g/mol. The Morgan fingerprint density at radius 2 is 1.91 bits per heavy atom. The van der Waals surface area contributed by atoms with E-state index in [1.54, 1.807) is 38.3 Å². The van der Waals surface area contributed by atoms with Crippen LogP contribution in [0.25, 0.3) is 22.3 Å². The number of rotatable bonds is 7. The summed E-state index contributed by atoms with van der Waals surface area (Å²) < 4.78 is 18.1. The number of fused-ring (bicyclic) bond motifs is 5. The molecule has 5 rings (SSSR count). The second-order valence-electron chi connectivity index (χ2n) is 12.6. The molecule has 229 valence electrons. The van der Waals surface area contributed by atoms with Gasteiger partial charge in [0.1, 0.15) is 12.2 Å². The van der Waals surface area contributed by atoms with E-state index in [2.05, 4.69) is 18.4 Å². The molecule has 0 fully saturated rings. The summed E-state index contributed by atoms with van der Waals surface area (Å²) in [5, 5.41) is 4.70. The summed E-state index contributed by atoms with van der Waals surface area (Å²) in [6.07, 6.45) is -0.844. The van der Waals surface area contributed by atoms with Gasteiger partial charge in [-0.25, -0.2) is 14.6 Å². The molecule has 1 N–H and O–H groups in total. The molecule has 0 saturated heterocycles. The first kappa shape index (κ1) is 30.7. The molecule has 1 atom stereocenters. The number of amides is 1. The van der Waals surface area contributed by atoms with E-state index >= 15 is 0 Å². The third-order valence-electron chi connectivity index (χ3n) is 7.86. The number of alkyl halides is 1. The number of carbonyl (C=O) groups is 3. The molecule has 0 saturated carbocycles. The molecular formula is C31H36ClN3O7Si-. The molecule has 10 nitrogen and oxygen atoms in total. The Bertz CT molecular complexity index is 1710. The van der Waals surface area contributed by atoms with E-state index in [0.717, 1.165) is 21.7 Å². The molecule has 2 aliphatic rings. The third kappa shape index (κ3) is 5.44. The van der Waals surface area contributed by atoms with Crippen molar-refractivity contribution in [3.63, 3.8) is 0 Å². The van der Waals surface area contributed by atoms with E-state index < -0.39 is 37.3 Å². The molecule has 2 aromatic heterocycles. The van der Waals surface area contributed by atoms with Gasteiger partial charge in [0.05, 0.1) is 35.4 Å². The van der Waals surface area contributed by atoms with Gasteiger partial charge < -0.3 is 24.1 Å². The van der Waals surface area contributed by atoms with Crippen LogP contribution in [-0.2, 0) is 42.6 Å². The van der Waals surface area contributed by atoms with Crippen LogP contribution in [0, 0.1) is 0 Å². The van der Waals surface area contributed by atoms with E-state index in [4.69, 9.17) is 30.8 Å². The molecule has 4 heterocycles. The van der Waals surface area contributed by atoms with Crippen LogP contribution in [-0.4, -0.2) is 53.3 Å². The highest BCUT2D eigenvalue weighted by Crippen LogP contribution is 2.41. The van der Waals surface area contributed by atoms with Crippen LogP contribution in [0.3, 0.4) is 0 Å². The highest BCUT2D eigenvalue weighted by Gasteiger charge is 2.50. The van der Waals surface area contributed by atoms with Crippen molar-refractivity contribution in [2.24, 2.45) is 0 Å². The normalized spacial score (nSPS) is 17.5. The molecule has 0 aliphatic carbocycles. The zero-order chi connectivity index (χ0) is 31.3. The lowest BCUT2D eigenvalue weighted by molar-refractivity contribution is -0.189. The van der Waals surface area contributed by atoms with Crippen molar-refractivity contribution < 1.29 is 28.6 Å². The van der Waals surface area contributed by atoms with Crippen molar-refractivity contribution in [3.05, 3.63) is 57.4 Å². The lowest BCUT2D eigenvalue weighted by Gasteiger charge is -2.35. The van der Waals surface area contributed by atoms with Crippen molar-refractivity contribution >= 4 is 53.8 Å². The third-order valence-corrected chi connectivity index (χ3v) is 12.5. The summed E-state index contributed by atoms with van der Waals surface area (Å²) in [6, 6.07) is 9.63. The molecule has 43 heavy (non-hydrogen) atoms. The number of hydrogen-bond donors (Lipinski definition) is 1. The Kier molecular flexibility index (Phi) is 7.93. The SMILES string of the molecule is CC[C@@]1(OC(=O)CCNC(=O)OC(C)(C)C)C(=O)OCc2c1cc1n(c2=O)Cc2c-1nc1ccccc1c2[Si-](C)(C)CCl. The minimum absolute atomic E-state index is 0.0441. The lowest BCUT2D eigenvalue weighted by atomic mass is 9.85. The molecule has 2 aliphatic heterocycles. The van der Waals surface area contributed by atoms with Crippen LogP contribution in [0.15, 0.2) is 35.1 Å². The molecular weight excluding hydrogens is 590 g/mol. The number of aromatic nitrogens is 2. The Morgan fingerprint density at radius 3 is 2.58 bits per heavy atom. The summed E-state index contributed by atoms with van der Waals surface area (Å²) in [5.74, 6) is -1.48. The van der Waals surface area contributed by atoms with Crippen molar-refractivity contribution in [2.75, 3.05) is 12.0 Å². The maximum Gasteiger partial charge on any atom is 0.407 e. The van der Waals surface area contributed by atoms with Crippen LogP contribution < -0.4 is 16.1 Å². The Morgan fingerprint density at radius 1 is 1.19 bits per heavy atom. The fourth-order valence-electron chi connectivity index (χ4n) is 5.85. The summed E-state index contributed by atoms with van der Waals surface area (Å²) in [4.78, 5) is 57.3. The number of alkyl carbamates (subject to hydrolysis) is 1. The van der Waals surface area contributed by atoms with Gasteiger partial charge >= 0.3 is 18.0 Å². The molecule has 0 bridgehead atoms. The molecule has 3 aromatic rings. The predicted octanol–water partition coefficient (Wildman–Crippen LogP) is 4.24. The quantitative estimate of drug-likeness (QED) is 0.140. The zero-order valence-corrected chi connectivity index (χ0v) is 27.0. The van der Waals surface area contributed by atoms with Crippen LogP contribution >= 0.6 is 11.6 Å². The van der Waals surface area contributed by atoms with Crippen molar-refractivity contribution in [3.8, 4) is 11.4 Å². The fourth-order valence-corrected chi connectivity index (χ4v) is 8.34. The molecule has 12 heteroatoms. The minimum Gasteiger partial charge on any atom is -0.457 e. The fraction of sp³-hybridized carbons (Fsp3) is 0.452. The lowest BCUT2D eigenvalue weighted by Crippen LogP contribution is -2.48. The van der Waals surface area contributed by atoms with Crippen LogP contribution in [0.4, 0.5) is 4.79 Å². The van der Waals surface area contributed by atoms with Crippen molar-refractivity contribution in [1.29, 1.82) is 0 Å².